The van der Waals surface area contributed by atoms with Gasteiger partial charge in [0.2, 0.25) is 0 Å². The third-order valence-corrected chi connectivity index (χ3v) is 3.24. The number of carbonyl (C=O) groups excluding carboxylic acids is 2. The van der Waals surface area contributed by atoms with E-state index in [1.54, 1.807) is 0 Å². The molecule has 1 heterocycles. The number of nitrogens with zero attached hydrogens (tertiary/aromatic N) is 1. The van der Waals surface area contributed by atoms with Crippen molar-refractivity contribution in [2.24, 2.45) is 0 Å². The highest BCUT2D eigenvalue weighted by Gasteiger charge is 2.21. The fourth-order valence-corrected chi connectivity index (χ4v) is 2.14. The van der Waals surface area contributed by atoms with E-state index in [0.717, 1.165) is 29.7 Å². The van der Waals surface area contributed by atoms with Crippen molar-refractivity contribution in [3.63, 3.8) is 0 Å². The number of anilines is 1. The first-order chi connectivity index (χ1) is 9.09. The maximum Gasteiger partial charge on any atom is 0.328 e. The Kier molecular flexibility index (Phi) is 4.00. The van der Waals surface area contributed by atoms with Gasteiger partial charge in [0.1, 0.15) is 0 Å². The lowest BCUT2D eigenvalue weighted by atomic mass is 10.1. The fraction of sp³-hybridized carbons (Fsp3) is 0.333. The number of para-hydroxylation sites is 1. The topological polar surface area (TPSA) is 49.4 Å². The van der Waals surface area contributed by atoms with E-state index in [1.807, 2.05) is 38.1 Å². The molecule has 1 aromatic carbocycles. The molecule has 0 bridgehead atoms. The average Bonchev–Trinajstić information content (AvgIpc) is 2.58. The van der Waals surface area contributed by atoms with Crippen molar-refractivity contribution in [2.75, 3.05) is 11.9 Å². The van der Waals surface area contributed by atoms with E-state index in [9.17, 15) is 9.59 Å². The fourth-order valence-electron chi connectivity index (χ4n) is 2.14. The number of imide groups is 1. The van der Waals surface area contributed by atoms with E-state index >= 15 is 0 Å². The summed E-state index contributed by atoms with van der Waals surface area (Å²) in [6.45, 7) is 4.34. The molecule has 4 heteroatoms. The van der Waals surface area contributed by atoms with Crippen LogP contribution in [0, 0.1) is 13.8 Å². The second kappa shape index (κ2) is 5.69. The van der Waals surface area contributed by atoms with Crippen LogP contribution in [0.4, 0.5) is 10.5 Å². The molecule has 0 unspecified atom stereocenters. The molecule has 0 aliphatic carbocycles. The van der Waals surface area contributed by atoms with Crippen LogP contribution >= 0.6 is 0 Å². The van der Waals surface area contributed by atoms with E-state index in [-0.39, 0.29) is 11.9 Å². The Morgan fingerprint density at radius 2 is 1.95 bits per heavy atom. The van der Waals surface area contributed by atoms with E-state index < -0.39 is 0 Å². The predicted octanol–water partition coefficient (Wildman–Crippen LogP) is 3.01. The summed E-state index contributed by atoms with van der Waals surface area (Å²) < 4.78 is 0. The Bertz CT molecular complexity index is 515. The van der Waals surface area contributed by atoms with E-state index in [1.165, 1.54) is 11.0 Å². The predicted molar refractivity (Wildman–Crippen MR) is 75.0 cm³/mol. The number of amides is 3. The Morgan fingerprint density at radius 3 is 2.63 bits per heavy atom. The van der Waals surface area contributed by atoms with Crippen molar-refractivity contribution in [1.29, 1.82) is 0 Å². The summed E-state index contributed by atoms with van der Waals surface area (Å²) in [5, 5.41) is 2.84. The number of hydrogen-bond acceptors (Lipinski definition) is 2. The quantitative estimate of drug-likeness (QED) is 0.841. The summed E-state index contributed by atoms with van der Waals surface area (Å²) in [5.74, 6) is -0.249. The molecule has 0 atom stereocenters. The first kappa shape index (κ1) is 13.3. The molecule has 100 valence electrons. The third-order valence-electron chi connectivity index (χ3n) is 3.24. The molecule has 3 amide bonds. The zero-order chi connectivity index (χ0) is 13.8. The smallest absolute Gasteiger partial charge is 0.307 e. The highest BCUT2D eigenvalue weighted by Crippen LogP contribution is 2.20. The molecular formula is C15H18N2O2. The molecule has 0 saturated carbocycles. The van der Waals surface area contributed by atoms with Crippen molar-refractivity contribution in [1.82, 2.24) is 4.90 Å². The van der Waals surface area contributed by atoms with Crippen LogP contribution in [0.25, 0.3) is 0 Å². The van der Waals surface area contributed by atoms with Crippen LogP contribution in [0.15, 0.2) is 30.4 Å². The first-order valence-electron chi connectivity index (χ1n) is 6.45. The van der Waals surface area contributed by atoms with Crippen LogP contribution in [0.2, 0.25) is 0 Å². The van der Waals surface area contributed by atoms with E-state index in [2.05, 4.69) is 5.32 Å². The molecule has 0 aromatic heterocycles. The molecule has 0 saturated heterocycles. The van der Waals surface area contributed by atoms with Crippen LogP contribution in [0.5, 0.6) is 0 Å². The number of hydrogen-bond donors (Lipinski definition) is 1. The molecule has 2 rings (SSSR count). The van der Waals surface area contributed by atoms with Crippen molar-refractivity contribution >= 4 is 17.6 Å². The number of rotatable bonds is 1. The molecule has 4 nitrogen and oxygen atoms in total. The second-order valence-electron chi connectivity index (χ2n) is 4.73. The molecule has 1 aliphatic rings. The van der Waals surface area contributed by atoms with Crippen LogP contribution in [-0.2, 0) is 4.79 Å². The second-order valence-corrected chi connectivity index (χ2v) is 4.73. The molecular weight excluding hydrogens is 240 g/mol. The molecule has 19 heavy (non-hydrogen) atoms. The van der Waals surface area contributed by atoms with Gasteiger partial charge < -0.3 is 5.32 Å². The Labute approximate surface area is 113 Å². The van der Waals surface area contributed by atoms with Gasteiger partial charge in [0.25, 0.3) is 5.91 Å². The zero-order valence-corrected chi connectivity index (χ0v) is 11.3. The minimum Gasteiger partial charge on any atom is -0.307 e. The number of allylic oxidation sites excluding steroid dienone is 1. The Balaban J connectivity index is 2.16. The van der Waals surface area contributed by atoms with Gasteiger partial charge in [-0.15, -0.1) is 0 Å². The summed E-state index contributed by atoms with van der Waals surface area (Å²) in [5.41, 5.74) is 2.77. The van der Waals surface area contributed by atoms with E-state index in [4.69, 9.17) is 0 Å². The van der Waals surface area contributed by atoms with Crippen LogP contribution in [0.1, 0.15) is 24.0 Å². The van der Waals surface area contributed by atoms with Crippen molar-refractivity contribution in [2.45, 2.75) is 26.7 Å². The summed E-state index contributed by atoms with van der Waals surface area (Å²) in [6.07, 6.45) is 4.92. The minimum absolute atomic E-state index is 0.249. The summed E-state index contributed by atoms with van der Waals surface area (Å²) in [6, 6.07) is 5.47. The first-order valence-corrected chi connectivity index (χ1v) is 6.45. The van der Waals surface area contributed by atoms with Crippen LogP contribution < -0.4 is 5.32 Å². The van der Waals surface area contributed by atoms with Gasteiger partial charge in [0.15, 0.2) is 0 Å². The van der Waals surface area contributed by atoms with E-state index in [0.29, 0.717) is 6.54 Å². The maximum atomic E-state index is 12.2. The lowest BCUT2D eigenvalue weighted by Gasteiger charge is -2.20. The van der Waals surface area contributed by atoms with Gasteiger partial charge in [-0.25, -0.2) is 4.79 Å². The van der Waals surface area contributed by atoms with Crippen LogP contribution in [-0.4, -0.2) is 23.4 Å². The summed E-state index contributed by atoms with van der Waals surface area (Å²) in [7, 11) is 0. The van der Waals surface area contributed by atoms with Gasteiger partial charge in [-0.1, -0.05) is 24.3 Å². The molecule has 1 aromatic rings. The Hall–Kier alpha value is -2.10. The number of benzene rings is 1. The highest BCUT2D eigenvalue weighted by atomic mass is 16.2. The van der Waals surface area contributed by atoms with Crippen molar-refractivity contribution < 1.29 is 9.59 Å². The number of urea groups is 1. The molecule has 1 N–H and O–H groups in total. The van der Waals surface area contributed by atoms with Gasteiger partial charge >= 0.3 is 6.03 Å². The third kappa shape index (κ3) is 3.02. The highest BCUT2D eigenvalue weighted by molar-refractivity contribution is 6.05. The van der Waals surface area contributed by atoms with Crippen LogP contribution in [0.3, 0.4) is 0 Å². The normalized spacial score (nSPS) is 15.3. The number of nitrogens with one attached hydrogen (secondary N) is 1. The lowest BCUT2D eigenvalue weighted by molar-refractivity contribution is -0.122. The summed E-state index contributed by atoms with van der Waals surface area (Å²) >= 11 is 0. The van der Waals surface area contributed by atoms with Crippen molar-refractivity contribution in [3.05, 3.63) is 41.5 Å². The van der Waals surface area contributed by atoms with Gasteiger partial charge in [0, 0.05) is 12.2 Å². The molecule has 1 aliphatic heterocycles. The minimum atomic E-state index is -0.353. The Morgan fingerprint density at radius 1 is 1.26 bits per heavy atom. The van der Waals surface area contributed by atoms with Gasteiger partial charge in [-0.3, -0.25) is 9.69 Å². The monoisotopic (exact) mass is 258 g/mol. The SMILES string of the molecule is Cc1cccc(C)c1NC(=O)N1CCCC=CC1=O. The number of carbonyl (C=O) groups is 2. The van der Waals surface area contributed by atoms with Gasteiger partial charge in [-0.2, -0.15) is 0 Å². The standard InChI is InChI=1S/C15H18N2O2/c1-11-7-6-8-12(2)14(11)16-15(19)17-10-5-3-4-9-13(17)18/h4,6-9H,3,5,10H2,1-2H3,(H,16,19). The largest absolute Gasteiger partial charge is 0.328 e. The molecule has 0 spiro atoms. The molecule has 0 radical (unpaired) electrons. The summed E-state index contributed by atoms with van der Waals surface area (Å²) in [4.78, 5) is 25.2. The van der Waals surface area contributed by atoms with Crippen molar-refractivity contribution in [3.8, 4) is 0 Å². The lowest BCUT2D eigenvalue weighted by Crippen LogP contribution is -2.39. The maximum absolute atomic E-state index is 12.2. The zero-order valence-electron chi connectivity index (χ0n) is 11.3. The molecule has 0 fully saturated rings. The van der Waals surface area contributed by atoms with Gasteiger partial charge in [0.05, 0.1) is 0 Å². The average molecular weight is 258 g/mol. The number of aryl methyl sites for hydroxylation is 2. The van der Waals surface area contributed by atoms with Gasteiger partial charge in [-0.05, 0) is 43.9 Å².